The van der Waals surface area contributed by atoms with Gasteiger partial charge in [-0.1, -0.05) is 25.6 Å². The van der Waals surface area contributed by atoms with E-state index in [4.69, 9.17) is 28.8 Å². The minimum Gasteiger partial charge on any atom is -0.450 e. The first-order valence-electron chi connectivity index (χ1n) is 12.3. The lowest BCUT2D eigenvalue weighted by Crippen LogP contribution is -2.44. The Hall–Kier alpha value is -2.36. The minimum atomic E-state index is -4.14. The number of hydrogen-bond acceptors (Lipinski definition) is 13. The number of alkyl halides is 1. The lowest BCUT2D eigenvalue weighted by atomic mass is 9.91. The van der Waals surface area contributed by atoms with Gasteiger partial charge in [0, 0.05) is 17.7 Å². The molecule has 2 fully saturated rings. The summed E-state index contributed by atoms with van der Waals surface area (Å²) in [7, 11) is -4.14. The molecule has 216 valence electrons. The number of imidazole rings is 1. The van der Waals surface area contributed by atoms with Crippen molar-refractivity contribution < 1.29 is 41.6 Å². The van der Waals surface area contributed by atoms with Crippen LogP contribution in [0.2, 0.25) is 0 Å². The fourth-order valence-electron chi connectivity index (χ4n) is 4.16. The third-order valence-electron chi connectivity index (χ3n) is 6.32. The zero-order valence-electron chi connectivity index (χ0n) is 22.0. The number of anilines is 1. The number of fused-ring (bicyclic) bond motifs is 2. The Morgan fingerprint density at radius 1 is 1.41 bits per heavy atom. The molecule has 2 aromatic rings. The molecule has 1 amide bonds. The number of phosphoric acid groups is 1. The Kier molecular flexibility index (Phi) is 8.83. The Morgan fingerprint density at radius 3 is 2.92 bits per heavy atom. The molecule has 2 saturated heterocycles. The van der Waals surface area contributed by atoms with Gasteiger partial charge in [-0.15, -0.1) is 0 Å². The largest absolute Gasteiger partial charge is 0.475 e. The molecule has 2 aliphatic heterocycles. The monoisotopic (exact) mass is 590 g/mol. The maximum Gasteiger partial charge on any atom is 0.475 e. The number of nitrogens with two attached hydrogens (primary N) is 1. The molecular formula is C22H32FN6O8PS. The van der Waals surface area contributed by atoms with Crippen molar-refractivity contribution in [3.05, 3.63) is 12.5 Å². The maximum atomic E-state index is 16.1. The number of halogens is 1. The molecule has 0 saturated carbocycles. The van der Waals surface area contributed by atoms with Crippen molar-refractivity contribution >= 4 is 47.9 Å². The Bertz CT molecular complexity index is 1260. The molecular weight excluding hydrogens is 558 g/mol. The number of rotatable bonds is 10. The van der Waals surface area contributed by atoms with Crippen LogP contribution in [0.5, 0.6) is 0 Å². The fraction of sp³-hybridized carbons (Fsp3) is 0.682. The van der Waals surface area contributed by atoms with E-state index in [1.807, 2.05) is 0 Å². The average molecular weight is 591 g/mol. The van der Waals surface area contributed by atoms with Gasteiger partial charge in [-0.3, -0.25) is 22.9 Å². The lowest BCUT2D eigenvalue weighted by molar-refractivity contribution is -0.118. The van der Waals surface area contributed by atoms with Gasteiger partial charge in [0.15, 0.2) is 22.7 Å². The smallest absolute Gasteiger partial charge is 0.450 e. The van der Waals surface area contributed by atoms with Crippen molar-refractivity contribution in [3.63, 3.8) is 0 Å². The number of ether oxygens (including phenoxy) is 2. The van der Waals surface area contributed by atoms with Crippen molar-refractivity contribution in [2.75, 3.05) is 37.9 Å². The van der Waals surface area contributed by atoms with Crippen molar-refractivity contribution in [2.45, 2.75) is 58.2 Å². The number of alkyl carbamates (subject to hydrolysis) is 1. The topological polar surface area (TPSA) is 179 Å². The van der Waals surface area contributed by atoms with E-state index in [0.717, 1.165) is 11.8 Å². The van der Waals surface area contributed by atoms with Gasteiger partial charge < -0.3 is 20.5 Å². The van der Waals surface area contributed by atoms with Gasteiger partial charge in [-0.05, 0) is 20.3 Å². The standard InChI is InChI=1S/C22H32FN6O8PS/c1-5-33-20(31)25-7-6-21(2,3)18(30)39-9-8-34-38(32)35-11-14-15(37-38)22(4,23)17(36-14)29-12-27-13-10-26-19(24)28-16(13)29/h10,12,14-15,17H,5-9,11H2,1-4H3,(H,25,31)(H2,24,26,28)/t14-,15-,17-,22-,38+/m1/s1. The van der Waals surface area contributed by atoms with E-state index >= 15 is 4.39 Å². The predicted octanol–water partition coefficient (Wildman–Crippen LogP) is 3.00. The zero-order valence-corrected chi connectivity index (χ0v) is 23.7. The number of carbonyl (C=O) groups excluding carboxylic acids is 2. The van der Waals surface area contributed by atoms with Crippen LogP contribution in [0.4, 0.5) is 15.1 Å². The van der Waals surface area contributed by atoms with Gasteiger partial charge in [0.1, 0.15) is 17.7 Å². The van der Waals surface area contributed by atoms with Crippen LogP contribution in [0.25, 0.3) is 11.2 Å². The highest BCUT2D eigenvalue weighted by molar-refractivity contribution is 8.13. The van der Waals surface area contributed by atoms with Crippen LogP contribution >= 0.6 is 19.6 Å². The number of phosphoric ester groups is 1. The number of carbonyl (C=O) groups is 2. The summed E-state index contributed by atoms with van der Waals surface area (Å²) in [6.07, 6.45) is -0.716. The van der Waals surface area contributed by atoms with E-state index in [2.05, 4.69) is 20.3 Å². The van der Waals surface area contributed by atoms with Crippen molar-refractivity contribution in [2.24, 2.45) is 5.41 Å². The molecule has 4 heterocycles. The van der Waals surface area contributed by atoms with Crippen molar-refractivity contribution in [1.82, 2.24) is 24.8 Å². The van der Waals surface area contributed by atoms with Crippen LogP contribution < -0.4 is 11.1 Å². The highest BCUT2D eigenvalue weighted by atomic mass is 32.2. The maximum absolute atomic E-state index is 16.1. The lowest BCUT2D eigenvalue weighted by Gasteiger charge is -2.33. The molecule has 14 nitrogen and oxygen atoms in total. The average Bonchev–Trinajstić information content (AvgIpc) is 3.38. The van der Waals surface area contributed by atoms with Gasteiger partial charge in [0.05, 0.1) is 32.3 Å². The molecule has 0 bridgehead atoms. The molecule has 0 radical (unpaired) electrons. The molecule has 0 spiro atoms. The SMILES string of the molecule is CCOC(=O)NCCC(C)(C)C(=O)SCCO[P@@]1(=O)OC[C@H]2O[C@@H](n3cnc4cnc(N)nc43)[C@](C)(F)[C@@H]2O1. The van der Waals surface area contributed by atoms with E-state index in [9.17, 15) is 14.2 Å². The number of nitrogens with one attached hydrogen (secondary N) is 1. The van der Waals surface area contributed by atoms with Crippen molar-refractivity contribution in [3.8, 4) is 0 Å². The molecule has 5 atom stereocenters. The molecule has 3 N–H and O–H groups in total. The van der Waals surface area contributed by atoms with E-state index in [1.165, 1.54) is 24.0 Å². The van der Waals surface area contributed by atoms with Gasteiger partial charge in [0.2, 0.25) is 5.95 Å². The van der Waals surface area contributed by atoms with E-state index in [1.54, 1.807) is 20.8 Å². The first kappa shape index (κ1) is 29.6. The van der Waals surface area contributed by atoms with Gasteiger partial charge >= 0.3 is 13.9 Å². The second-order valence-electron chi connectivity index (χ2n) is 9.79. The normalized spacial score (nSPS) is 28.8. The second kappa shape index (κ2) is 11.6. The Morgan fingerprint density at radius 2 is 2.18 bits per heavy atom. The summed E-state index contributed by atoms with van der Waals surface area (Å²) in [6, 6.07) is 0. The number of amides is 1. The summed E-state index contributed by atoms with van der Waals surface area (Å²) in [5.41, 5.74) is 3.45. The molecule has 39 heavy (non-hydrogen) atoms. The summed E-state index contributed by atoms with van der Waals surface area (Å²) in [6.45, 7) is 6.64. The number of nitrogen functional groups attached to an aromatic ring is 1. The molecule has 2 aromatic heterocycles. The van der Waals surface area contributed by atoms with E-state index < -0.39 is 43.4 Å². The highest BCUT2D eigenvalue weighted by Crippen LogP contribution is 2.59. The number of nitrogens with zero attached hydrogens (tertiary/aromatic N) is 4. The third kappa shape index (κ3) is 6.52. The molecule has 17 heteroatoms. The van der Waals surface area contributed by atoms with Crippen LogP contribution in [0.3, 0.4) is 0 Å². The van der Waals surface area contributed by atoms with Crippen LogP contribution in [-0.2, 0) is 32.4 Å². The van der Waals surface area contributed by atoms with Crippen LogP contribution in [0.1, 0.15) is 40.3 Å². The number of hydrogen-bond donors (Lipinski definition) is 2. The Balaban J connectivity index is 1.29. The predicted molar refractivity (Wildman–Crippen MR) is 138 cm³/mol. The van der Waals surface area contributed by atoms with Crippen LogP contribution in [0, 0.1) is 5.41 Å². The quantitative estimate of drug-likeness (QED) is 0.305. The van der Waals surface area contributed by atoms with E-state index in [0.29, 0.717) is 11.9 Å². The van der Waals surface area contributed by atoms with Gasteiger partial charge in [-0.25, -0.2) is 23.7 Å². The number of thioether (sulfide) groups is 1. The number of aromatic nitrogens is 4. The third-order valence-corrected chi connectivity index (χ3v) is 8.96. The summed E-state index contributed by atoms with van der Waals surface area (Å²) in [4.78, 5) is 36.2. The summed E-state index contributed by atoms with van der Waals surface area (Å²) in [5, 5.41) is 2.44. The minimum absolute atomic E-state index is 0.00853. The highest BCUT2D eigenvalue weighted by Gasteiger charge is 2.61. The summed E-state index contributed by atoms with van der Waals surface area (Å²) < 4.78 is 57.4. The van der Waals surface area contributed by atoms with Crippen LogP contribution in [-0.4, -0.2) is 80.7 Å². The summed E-state index contributed by atoms with van der Waals surface area (Å²) >= 11 is 0.988. The van der Waals surface area contributed by atoms with Crippen LogP contribution in [0.15, 0.2) is 12.5 Å². The molecule has 0 aliphatic carbocycles. The zero-order chi connectivity index (χ0) is 28.4. The Labute approximate surface area is 228 Å². The van der Waals surface area contributed by atoms with E-state index in [-0.39, 0.29) is 48.8 Å². The van der Waals surface area contributed by atoms with Gasteiger partial charge in [-0.2, -0.15) is 4.98 Å². The first-order chi connectivity index (χ1) is 18.4. The first-order valence-corrected chi connectivity index (χ1v) is 14.8. The molecule has 4 rings (SSSR count). The van der Waals surface area contributed by atoms with Crippen molar-refractivity contribution in [1.29, 1.82) is 0 Å². The molecule has 2 aliphatic rings. The summed E-state index contributed by atoms with van der Waals surface area (Å²) in [5.74, 6) is 0.151. The van der Waals surface area contributed by atoms with Gasteiger partial charge in [0.25, 0.3) is 0 Å². The molecule has 0 unspecified atom stereocenters. The second-order valence-corrected chi connectivity index (χ2v) is 12.5. The molecule has 0 aromatic carbocycles. The fourth-order valence-corrected chi connectivity index (χ4v) is 6.59.